The average molecular weight is 157 g/mol. The lowest BCUT2D eigenvalue weighted by atomic mass is 10.0. The number of carbonyl (C=O) groups excluding carboxylic acids is 1. The van der Waals surface area contributed by atoms with Crippen molar-refractivity contribution in [2.75, 3.05) is 13.7 Å². The fourth-order valence-corrected chi connectivity index (χ4v) is 1.30. The molecule has 1 fully saturated rings. The summed E-state index contributed by atoms with van der Waals surface area (Å²) in [5.74, 6) is 0.622. The van der Waals surface area contributed by atoms with Gasteiger partial charge in [0.25, 0.3) is 0 Å². The van der Waals surface area contributed by atoms with Crippen LogP contribution in [0.2, 0.25) is 0 Å². The van der Waals surface area contributed by atoms with Crippen molar-refractivity contribution in [3.8, 4) is 0 Å². The Bertz CT molecular complexity index is 156. The molecule has 3 heteroatoms. The van der Waals surface area contributed by atoms with Crippen molar-refractivity contribution in [2.24, 2.45) is 5.92 Å². The molecule has 1 rings (SSSR count). The zero-order chi connectivity index (χ0) is 8.43. The second-order valence-electron chi connectivity index (χ2n) is 3.47. The number of hydrogen-bond acceptors (Lipinski definition) is 2. The van der Waals surface area contributed by atoms with E-state index in [0.29, 0.717) is 18.6 Å². The van der Waals surface area contributed by atoms with Crippen molar-refractivity contribution in [1.82, 2.24) is 4.90 Å². The molecule has 3 nitrogen and oxygen atoms in total. The monoisotopic (exact) mass is 157 g/mol. The highest BCUT2D eigenvalue weighted by molar-refractivity contribution is 5.69. The maximum Gasteiger partial charge on any atom is 0.409 e. The van der Waals surface area contributed by atoms with Gasteiger partial charge in [0.1, 0.15) is 6.61 Å². The molecule has 1 atom stereocenters. The third-order valence-corrected chi connectivity index (χ3v) is 1.98. The molecule has 0 unspecified atom stereocenters. The Morgan fingerprint density at radius 2 is 2.36 bits per heavy atom. The molecule has 0 N–H and O–H groups in total. The minimum atomic E-state index is -0.185. The Morgan fingerprint density at radius 1 is 1.73 bits per heavy atom. The van der Waals surface area contributed by atoms with Gasteiger partial charge in [-0.25, -0.2) is 4.79 Å². The third-order valence-electron chi connectivity index (χ3n) is 1.98. The molecule has 64 valence electrons. The number of amides is 1. The van der Waals surface area contributed by atoms with Crippen LogP contribution >= 0.6 is 0 Å². The van der Waals surface area contributed by atoms with Gasteiger partial charge in [-0.15, -0.1) is 0 Å². The van der Waals surface area contributed by atoms with Gasteiger partial charge < -0.3 is 9.64 Å². The Balaban J connectivity index is 2.42. The summed E-state index contributed by atoms with van der Waals surface area (Å²) in [6.45, 7) is 4.86. The van der Waals surface area contributed by atoms with E-state index in [1.807, 2.05) is 0 Å². The predicted molar refractivity (Wildman–Crippen MR) is 42.4 cm³/mol. The van der Waals surface area contributed by atoms with Crippen LogP contribution in [0.25, 0.3) is 0 Å². The molecule has 1 saturated heterocycles. The Kier molecular flexibility index (Phi) is 2.37. The lowest BCUT2D eigenvalue weighted by molar-refractivity contribution is 0.163. The first-order chi connectivity index (χ1) is 5.11. The van der Waals surface area contributed by atoms with Gasteiger partial charge in [0.2, 0.25) is 0 Å². The summed E-state index contributed by atoms with van der Waals surface area (Å²) >= 11 is 0. The van der Waals surface area contributed by atoms with Crippen LogP contribution in [0.1, 0.15) is 20.3 Å². The molecule has 0 aromatic heterocycles. The molecule has 0 spiro atoms. The summed E-state index contributed by atoms with van der Waals surface area (Å²) < 4.78 is 4.87. The minimum absolute atomic E-state index is 0.185. The van der Waals surface area contributed by atoms with E-state index in [-0.39, 0.29) is 6.09 Å². The van der Waals surface area contributed by atoms with E-state index in [0.717, 1.165) is 6.42 Å². The van der Waals surface area contributed by atoms with Gasteiger partial charge >= 0.3 is 6.09 Å². The first-order valence-electron chi connectivity index (χ1n) is 4.01. The molecule has 0 saturated carbocycles. The average Bonchev–Trinajstić information content (AvgIpc) is 2.18. The van der Waals surface area contributed by atoms with Crippen molar-refractivity contribution in [1.29, 1.82) is 0 Å². The quantitative estimate of drug-likeness (QED) is 0.607. The lowest BCUT2D eigenvalue weighted by Crippen LogP contribution is -2.30. The van der Waals surface area contributed by atoms with Gasteiger partial charge in [-0.2, -0.15) is 0 Å². The molecule has 1 heterocycles. The van der Waals surface area contributed by atoms with Crippen molar-refractivity contribution in [3.63, 3.8) is 0 Å². The number of rotatable bonds is 2. The van der Waals surface area contributed by atoms with Gasteiger partial charge in [-0.1, -0.05) is 13.8 Å². The van der Waals surface area contributed by atoms with E-state index in [1.54, 1.807) is 11.9 Å². The van der Waals surface area contributed by atoms with Gasteiger partial charge in [0.15, 0.2) is 0 Å². The van der Waals surface area contributed by atoms with Crippen molar-refractivity contribution < 1.29 is 9.53 Å². The number of hydrogen-bond donors (Lipinski definition) is 0. The van der Waals surface area contributed by atoms with Crippen LogP contribution in [0.5, 0.6) is 0 Å². The largest absolute Gasteiger partial charge is 0.447 e. The van der Waals surface area contributed by atoms with E-state index >= 15 is 0 Å². The van der Waals surface area contributed by atoms with E-state index in [9.17, 15) is 4.79 Å². The molecular weight excluding hydrogens is 142 g/mol. The van der Waals surface area contributed by atoms with E-state index in [2.05, 4.69) is 13.8 Å². The summed E-state index contributed by atoms with van der Waals surface area (Å²) in [7, 11) is 1.79. The SMILES string of the molecule is CC(C)C[C@H]1COC(=O)N1C. The van der Waals surface area contributed by atoms with Crippen LogP contribution in [-0.4, -0.2) is 30.7 Å². The highest BCUT2D eigenvalue weighted by atomic mass is 16.6. The molecule has 1 aliphatic heterocycles. The molecule has 0 aromatic rings. The zero-order valence-electron chi connectivity index (χ0n) is 7.33. The fourth-order valence-electron chi connectivity index (χ4n) is 1.30. The molecule has 0 bridgehead atoms. The lowest BCUT2D eigenvalue weighted by Gasteiger charge is -2.17. The number of likely N-dealkylation sites (N-methyl/N-ethyl adjacent to an activating group) is 1. The van der Waals surface area contributed by atoms with Crippen LogP contribution in [0.4, 0.5) is 4.79 Å². The summed E-state index contributed by atoms with van der Waals surface area (Å²) in [5, 5.41) is 0. The summed E-state index contributed by atoms with van der Waals surface area (Å²) in [6.07, 6.45) is 0.845. The smallest absolute Gasteiger partial charge is 0.409 e. The van der Waals surface area contributed by atoms with Crippen LogP contribution in [0.15, 0.2) is 0 Å². The number of ether oxygens (including phenoxy) is 1. The Labute approximate surface area is 67.3 Å². The highest BCUT2D eigenvalue weighted by Crippen LogP contribution is 2.16. The van der Waals surface area contributed by atoms with Gasteiger partial charge in [0, 0.05) is 7.05 Å². The van der Waals surface area contributed by atoms with Crippen molar-refractivity contribution in [2.45, 2.75) is 26.3 Å². The second kappa shape index (κ2) is 3.11. The molecule has 11 heavy (non-hydrogen) atoms. The second-order valence-corrected chi connectivity index (χ2v) is 3.47. The minimum Gasteiger partial charge on any atom is -0.447 e. The summed E-state index contributed by atoms with van der Waals surface area (Å²) in [4.78, 5) is 12.6. The Morgan fingerprint density at radius 3 is 2.73 bits per heavy atom. The Hall–Kier alpha value is -0.730. The first-order valence-corrected chi connectivity index (χ1v) is 4.01. The topological polar surface area (TPSA) is 29.5 Å². The summed E-state index contributed by atoms with van der Waals surface area (Å²) in [6, 6.07) is 0.294. The van der Waals surface area contributed by atoms with Gasteiger partial charge in [0.05, 0.1) is 6.04 Å². The van der Waals surface area contributed by atoms with E-state index in [1.165, 1.54) is 0 Å². The molecule has 1 aliphatic rings. The molecule has 0 radical (unpaired) electrons. The molecular formula is C8H15NO2. The van der Waals surface area contributed by atoms with Crippen molar-refractivity contribution >= 4 is 6.09 Å². The number of cyclic esters (lactones) is 1. The zero-order valence-corrected chi connectivity index (χ0v) is 7.33. The molecule has 0 aromatic carbocycles. The van der Waals surface area contributed by atoms with E-state index in [4.69, 9.17) is 4.74 Å². The third kappa shape index (κ3) is 1.85. The number of nitrogens with zero attached hydrogens (tertiary/aromatic N) is 1. The van der Waals surface area contributed by atoms with Crippen LogP contribution in [-0.2, 0) is 4.74 Å². The summed E-state index contributed by atoms with van der Waals surface area (Å²) in [5.41, 5.74) is 0. The standard InChI is InChI=1S/C8H15NO2/c1-6(2)4-7-5-11-8(10)9(7)3/h6-7H,4-5H2,1-3H3/t7-/m0/s1. The normalized spacial score (nSPS) is 24.5. The first kappa shape index (κ1) is 8.37. The number of carbonyl (C=O) groups is 1. The maximum atomic E-state index is 10.9. The highest BCUT2D eigenvalue weighted by Gasteiger charge is 2.29. The van der Waals surface area contributed by atoms with Crippen molar-refractivity contribution in [3.05, 3.63) is 0 Å². The molecule has 1 amide bonds. The van der Waals surface area contributed by atoms with Gasteiger partial charge in [-0.05, 0) is 12.3 Å². The van der Waals surface area contributed by atoms with E-state index < -0.39 is 0 Å². The predicted octanol–water partition coefficient (Wildman–Crippen LogP) is 1.48. The maximum absolute atomic E-state index is 10.9. The van der Waals surface area contributed by atoms with Crippen LogP contribution in [0, 0.1) is 5.92 Å². The van der Waals surface area contributed by atoms with Crippen LogP contribution < -0.4 is 0 Å². The molecule has 0 aliphatic carbocycles. The van der Waals surface area contributed by atoms with Crippen LogP contribution in [0.3, 0.4) is 0 Å². The van der Waals surface area contributed by atoms with Gasteiger partial charge in [-0.3, -0.25) is 0 Å². The fraction of sp³-hybridized carbons (Fsp3) is 0.875.